The highest BCUT2D eigenvalue weighted by molar-refractivity contribution is 6.30. The van der Waals surface area contributed by atoms with Gasteiger partial charge >= 0.3 is 12.0 Å². The summed E-state index contributed by atoms with van der Waals surface area (Å²) in [5.74, 6) is -1.08. The van der Waals surface area contributed by atoms with Crippen LogP contribution >= 0.6 is 11.6 Å². The lowest BCUT2D eigenvalue weighted by Gasteiger charge is -2.16. The Balaban J connectivity index is 2.57. The number of amides is 2. The molecule has 0 fully saturated rings. The van der Waals surface area contributed by atoms with Crippen LogP contribution in [0.4, 0.5) is 4.79 Å². The van der Waals surface area contributed by atoms with Crippen LogP contribution in [0, 0.1) is 0 Å². The zero-order valence-corrected chi connectivity index (χ0v) is 10.9. The summed E-state index contributed by atoms with van der Waals surface area (Å²) in [6.07, 6.45) is 0. The van der Waals surface area contributed by atoms with Gasteiger partial charge in [0.05, 0.1) is 6.04 Å². The number of halogens is 1. The van der Waals surface area contributed by atoms with Gasteiger partial charge in [-0.2, -0.15) is 0 Å². The molecule has 0 saturated heterocycles. The van der Waals surface area contributed by atoms with Crippen LogP contribution in [0.1, 0.15) is 25.5 Å². The summed E-state index contributed by atoms with van der Waals surface area (Å²) in [6, 6.07) is 5.38. The minimum absolute atomic E-state index is 0.260. The van der Waals surface area contributed by atoms with E-state index in [-0.39, 0.29) is 6.04 Å². The van der Waals surface area contributed by atoms with Gasteiger partial charge in [-0.3, -0.25) is 4.79 Å². The van der Waals surface area contributed by atoms with E-state index < -0.39 is 18.0 Å². The second kappa shape index (κ2) is 6.26. The summed E-state index contributed by atoms with van der Waals surface area (Å²) in [6.45, 7) is 3.18. The standard InChI is InChI=1S/C12H15ClN2O3/c1-7(9-4-3-5-10(13)6-9)14-12(18)15-8(2)11(16)17/h3-8H,1-2H3,(H,16,17)(H2,14,15,18)/t7?,8-/m0/s1. The Morgan fingerprint density at radius 3 is 2.50 bits per heavy atom. The highest BCUT2D eigenvalue weighted by Gasteiger charge is 2.15. The van der Waals surface area contributed by atoms with E-state index in [1.54, 1.807) is 25.1 Å². The average molecular weight is 271 g/mol. The van der Waals surface area contributed by atoms with E-state index >= 15 is 0 Å². The zero-order valence-electron chi connectivity index (χ0n) is 10.1. The summed E-state index contributed by atoms with van der Waals surface area (Å²) >= 11 is 5.85. The molecule has 0 aromatic heterocycles. The molecule has 0 radical (unpaired) electrons. The van der Waals surface area contributed by atoms with Gasteiger partial charge in [-0.25, -0.2) is 4.79 Å². The molecule has 0 aliphatic rings. The highest BCUT2D eigenvalue weighted by atomic mass is 35.5. The first-order chi connectivity index (χ1) is 8.40. The van der Waals surface area contributed by atoms with E-state index in [0.29, 0.717) is 5.02 Å². The molecule has 1 aromatic carbocycles. The second-order valence-corrected chi connectivity index (χ2v) is 4.39. The lowest BCUT2D eigenvalue weighted by Crippen LogP contribution is -2.45. The average Bonchev–Trinajstić information content (AvgIpc) is 2.28. The molecule has 1 unspecified atom stereocenters. The fourth-order valence-corrected chi connectivity index (χ4v) is 1.55. The van der Waals surface area contributed by atoms with Crippen LogP contribution in [0.2, 0.25) is 5.02 Å². The van der Waals surface area contributed by atoms with Crippen LogP contribution in [-0.2, 0) is 4.79 Å². The fourth-order valence-electron chi connectivity index (χ4n) is 1.36. The molecular weight excluding hydrogens is 256 g/mol. The van der Waals surface area contributed by atoms with Crippen LogP contribution in [0.3, 0.4) is 0 Å². The molecule has 3 N–H and O–H groups in total. The molecule has 0 aliphatic heterocycles. The first-order valence-corrected chi connectivity index (χ1v) is 5.83. The van der Waals surface area contributed by atoms with Gasteiger partial charge in [0, 0.05) is 5.02 Å². The maximum Gasteiger partial charge on any atom is 0.325 e. The predicted molar refractivity (Wildman–Crippen MR) is 68.6 cm³/mol. The topological polar surface area (TPSA) is 78.4 Å². The molecule has 6 heteroatoms. The number of hydrogen-bond acceptors (Lipinski definition) is 2. The normalized spacial score (nSPS) is 13.5. The van der Waals surface area contributed by atoms with Crippen LogP contribution in [0.5, 0.6) is 0 Å². The van der Waals surface area contributed by atoms with Crippen molar-refractivity contribution in [2.75, 3.05) is 0 Å². The fraction of sp³-hybridized carbons (Fsp3) is 0.333. The van der Waals surface area contributed by atoms with Gasteiger partial charge in [0.15, 0.2) is 0 Å². The first kappa shape index (κ1) is 14.3. The van der Waals surface area contributed by atoms with Crippen molar-refractivity contribution in [3.8, 4) is 0 Å². The third-order valence-corrected chi connectivity index (χ3v) is 2.65. The van der Waals surface area contributed by atoms with Gasteiger partial charge in [0.2, 0.25) is 0 Å². The Kier molecular flexibility index (Phi) is 4.97. The van der Waals surface area contributed by atoms with Crippen molar-refractivity contribution in [2.45, 2.75) is 25.9 Å². The molecule has 0 spiro atoms. The molecular formula is C12H15ClN2O3. The number of rotatable bonds is 4. The van der Waals surface area contributed by atoms with Gasteiger partial charge in [-0.1, -0.05) is 23.7 Å². The minimum Gasteiger partial charge on any atom is -0.480 e. The molecule has 2 atom stereocenters. The quantitative estimate of drug-likeness (QED) is 0.785. The second-order valence-electron chi connectivity index (χ2n) is 3.95. The Morgan fingerprint density at radius 1 is 1.28 bits per heavy atom. The Morgan fingerprint density at radius 2 is 1.94 bits per heavy atom. The van der Waals surface area contributed by atoms with Crippen molar-refractivity contribution >= 4 is 23.6 Å². The van der Waals surface area contributed by atoms with Crippen molar-refractivity contribution < 1.29 is 14.7 Å². The van der Waals surface area contributed by atoms with E-state index in [0.717, 1.165) is 5.56 Å². The molecule has 1 rings (SSSR count). The summed E-state index contributed by atoms with van der Waals surface area (Å²) in [5, 5.41) is 14.2. The monoisotopic (exact) mass is 270 g/mol. The molecule has 5 nitrogen and oxygen atoms in total. The van der Waals surface area contributed by atoms with E-state index in [1.165, 1.54) is 6.92 Å². The Hall–Kier alpha value is -1.75. The van der Waals surface area contributed by atoms with Gasteiger partial charge < -0.3 is 15.7 Å². The van der Waals surface area contributed by atoms with Crippen LogP contribution in [-0.4, -0.2) is 23.1 Å². The van der Waals surface area contributed by atoms with Crippen molar-refractivity contribution in [3.05, 3.63) is 34.9 Å². The number of urea groups is 1. The number of carbonyl (C=O) groups excluding carboxylic acids is 1. The number of carboxylic acids is 1. The molecule has 0 aliphatic carbocycles. The molecule has 1 aromatic rings. The number of aliphatic carboxylic acids is 1. The molecule has 18 heavy (non-hydrogen) atoms. The van der Waals surface area contributed by atoms with Gasteiger partial charge in [-0.05, 0) is 31.5 Å². The summed E-state index contributed by atoms with van der Waals surface area (Å²) in [4.78, 5) is 22.1. The van der Waals surface area contributed by atoms with E-state index in [1.807, 2.05) is 6.07 Å². The van der Waals surface area contributed by atoms with E-state index in [2.05, 4.69) is 10.6 Å². The first-order valence-electron chi connectivity index (χ1n) is 5.45. The minimum atomic E-state index is -1.08. The maximum atomic E-state index is 11.5. The van der Waals surface area contributed by atoms with Crippen LogP contribution in [0.25, 0.3) is 0 Å². The van der Waals surface area contributed by atoms with Gasteiger partial charge in [0.1, 0.15) is 6.04 Å². The molecule has 98 valence electrons. The lowest BCUT2D eigenvalue weighted by atomic mass is 10.1. The maximum absolute atomic E-state index is 11.5. The van der Waals surface area contributed by atoms with E-state index in [4.69, 9.17) is 16.7 Å². The third kappa shape index (κ3) is 4.25. The van der Waals surface area contributed by atoms with Crippen LogP contribution < -0.4 is 10.6 Å². The van der Waals surface area contributed by atoms with Crippen molar-refractivity contribution in [2.24, 2.45) is 0 Å². The number of hydrogen-bond donors (Lipinski definition) is 3. The SMILES string of the molecule is CC(NC(=O)N[C@@H](C)C(=O)O)c1cccc(Cl)c1. The van der Waals surface area contributed by atoms with E-state index in [9.17, 15) is 9.59 Å². The van der Waals surface area contributed by atoms with Gasteiger partial charge in [-0.15, -0.1) is 0 Å². The smallest absolute Gasteiger partial charge is 0.325 e. The number of carbonyl (C=O) groups is 2. The van der Waals surface area contributed by atoms with Crippen molar-refractivity contribution in [3.63, 3.8) is 0 Å². The molecule has 2 amide bonds. The predicted octanol–water partition coefficient (Wildman–Crippen LogP) is 2.17. The number of carboxylic acid groups (broad SMARTS) is 1. The molecule has 0 heterocycles. The third-order valence-electron chi connectivity index (χ3n) is 2.41. The molecule has 0 bridgehead atoms. The van der Waals surface area contributed by atoms with Crippen LogP contribution in [0.15, 0.2) is 24.3 Å². The summed E-state index contributed by atoms with van der Waals surface area (Å²) in [5.41, 5.74) is 0.848. The van der Waals surface area contributed by atoms with Crippen molar-refractivity contribution in [1.29, 1.82) is 0 Å². The number of nitrogens with one attached hydrogen (secondary N) is 2. The lowest BCUT2D eigenvalue weighted by molar-refractivity contribution is -0.138. The summed E-state index contributed by atoms with van der Waals surface area (Å²) < 4.78 is 0. The summed E-state index contributed by atoms with van der Waals surface area (Å²) in [7, 11) is 0. The Bertz CT molecular complexity index is 451. The zero-order chi connectivity index (χ0) is 13.7. The number of benzene rings is 1. The highest BCUT2D eigenvalue weighted by Crippen LogP contribution is 2.17. The van der Waals surface area contributed by atoms with Crippen molar-refractivity contribution in [1.82, 2.24) is 10.6 Å². The Labute approximate surface area is 110 Å². The van der Waals surface area contributed by atoms with Gasteiger partial charge in [0.25, 0.3) is 0 Å². The largest absolute Gasteiger partial charge is 0.480 e. The molecule has 0 saturated carbocycles.